The number of thiol groups is 1. The van der Waals surface area contributed by atoms with Gasteiger partial charge >= 0.3 is 5.69 Å². The first-order chi connectivity index (χ1) is 6.45. The van der Waals surface area contributed by atoms with Gasteiger partial charge in [-0.1, -0.05) is 0 Å². The van der Waals surface area contributed by atoms with E-state index in [4.69, 9.17) is 11.5 Å². The van der Waals surface area contributed by atoms with Crippen LogP contribution in [0.1, 0.15) is 5.37 Å². The summed E-state index contributed by atoms with van der Waals surface area (Å²) < 4.78 is 0.879. The fourth-order valence-electron chi connectivity index (χ4n) is 0.819. The average Bonchev–Trinajstić information content (AvgIpc) is 2.45. The summed E-state index contributed by atoms with van der Waals surface area (Å²) in [6.45, 7) is 0. The Labute approximate surface area is 83.4 Å². The first-order valence-electron chi connectivity index (χ1n) is 3.40. The maximum absolute atomic E-state index is 10.7. The lowest BCUT2D eigenvalue weighted by Crippen LogP contribution is -2.24. The van der Waals surface area contributed by atoms with Gasteiger partial charge in [-0.25, -0.2) is 4.68 Å². The van der Waals surface area contributed by atoms with Crippen LogP contribution >= 0.6 is 12.6 Å². The number of hydrogen-bond donors (Lipinski definition) is 3. The van der Waals surface area contributed by atoms with Crippen molar-refractivity contribution in [3.05, 3.63) is 16.3 Å². The van der Waals surface area contributed by atoms with Crippen molar-refractivity contribution in [2.45, 2.75) is 5.37 Å². The van der Waals surface area contributed by atoms with Gasteiger partial charge in [-0.3, -0.25) is 14.9 Å². The molecule has 1 unspecified atom stereocenters. The molecule has 0 aliphatic rings. The highest BCUT2D eigenvalue weighted by Gasteiger charge is 2.23. The minimum atomic E-state index is -1.11. The molecule has 0 aliphatic carbocycles. The number of aromatic nitrogens is 2. The minimum Gasteiger partial charge on any atom is -0.378 e. The number of nitrogens with zero attached hydrogens (tertiary/aromatic N) is 3. The van der Waals surface area contributed by atoms with E-state index in [1.807, 2.05) is 0 Å². The minimum absolute atomic E-state index is 0.256. The molecule has 0 bridgehead atoms. The molecule has 76 valence electrons. The maximum Gasteiger partial charge on any atom is 0.330 e. The molecule has 1 atom stereocenters. The largest absolute Gasteiger partial charge is 0.378 e. The second kappa shape index (κ2) is 3.54. The fourth-order valence-corrected chi connectivity index (χ4v) is 1.00. The Morgan fingerprint density at radius 1 is 1.79 bits per heavy atom. The Morgan fingerprint density at radius 2 is 2.36 bits per heavy atom. The molecule has 1 rings (SSSR count). The van der Waals surface area contributed by atoms with E-state index in [9.17, 15) is 14.9 Å². The third kappa shape index (κ3) is 1.62. The molecule has 1 amide bonds. The van der Waals surface area contributed by atoms with Crippen LogP contribution in [0, 0.1) is 10.1 Å². The number of amides is 1. The van der Waals surface area contributed by atoms with Gasteiger partial charge in [-0.2, -0.15) is 5.10 Å². The van der Waals surface area contributed by atoms with Crippen molar-refractivity contribution in [3.8, 4) is 0 Å². The van der Waals surface area contributed by atoms with Crippen LogP contribution in [-0.2, 0) is 4.79 Å². The van der Waals surface area contributed by atoms with E-state index >= 15 is 0 Å². The summed E-state index contributed by atoms with van der Waals surface area (Å²) in [5, 5.41) is 12.8. The number of anilines is 1. The molecule has 0 aliphatic heterocycles. The zero-order chi connectivity index (χ0) is 10.9. The third-order valence-electron chi connectivity index (χ3n) is 1.50. The van der Waals surface area contributed by atoms with Crippen LogP contribution in [0.4, 0.5) is 11.5 Å². The molecule has 9 heteroatoms. The van der Waals surface area contributed by atoms with Gasteiger partial charge in [0.25, 0.3) is 5.91 Å². The van der Waals surface area contributed by atoms with Crippen LogP contribution in [0.25, 0.3) is 0 Å². The van der Waals surface area contributed by atoms with Gasteiger partial charge in [0.15, 0.2) is 5.37 Å². The lowest BCUT2D eigenvalue weighted by Gasteiger charge is -2.07. The van der Waals surface area contributed by atoms with Crippen molar-refractivity contribution in [2.75, 3.05) is 5.73 Å². The summed E-state index contributed by atoms with van der Waals surface area (Å²) in [7, 11) is 0. The molecule has 0 fully saturated rings. The summed E-state index contributed by atoms with van der Waals surface area (Å²) in [6, 6.07) is 0. The van der Waals surface area contributed by atoms with Crippen molar-refractivity contribution in [1.29, 1.82) is 0 Å². The van der Waals surface area contributed by atoms with Crippen molar-refractivity contribution in [3.63, 3.8) is 0 Å². The first-order valence-corrected chi connectivity index (χ1v) is 3.91. The molecule has 4 N–H and O–H groups in total. The van der Waals surface area contributed by atoms with Crippen LogP contribution < -0.4 is 11.5 Å². The highest BCUT2D eigenvalue weighted by Crippen LogP contribution is 2.24. The second-order valence-electron chi connectivity index (χ2n) is 2.39. The Hall–Kier alpha value is -1.77. The quantitative estimate of drug-likeness (QED) is 0.349. The number of primary amides is 1. The monoisotopic (exact) mass is 217 g/mol. The van der Waals surface area contributed by atoms with Crippen molar-refractivity contribution in [1.82, 2.24) is 9.78 Å². The van der Waals surface area contributed by atoms with Gasteiger partial charge in [0.2, 0.25) is 5.82 Å². The average molecular weight is 217 g/mol. The van der Waals surface area contributed by atoms with E-state index in [1.54, 1.807) is 0 Å². The lowest BCUT2D eigenvalue weighted by molar-refractivity contribution is -0.384. The van der Waals surface area contributed by atoms with Crippen molar-refractivity contribution < 1.29 is 9.72 Å². The van der Waals surface area contributed by atoms with Crippen LogP contribution in [0.3, 0.4) is 0 Å². The van der Waals surface area contributed by atoms with Gasteiger partial charge in [-0.15, -0.1) is 12.6 Å². The number of nitro groups is 1. The highest BCUT2D eigenvalue weighted by atomic mass is 32.1. The number of carbonyl (C=O) groups is 1. The summed E-state index contributed by atoms with van der Waals surface area (Å²) >= 11 is 3.79. The standard InChI is InChI=1S/C5H7N5O3S/c6-3-2(10(12)13)1-8-9(3)5(14)4(7)11/h1,5,14H,6H2,(H2,7,11). The van der Waals surface area contributed by atoms with E-state index < -0.39 is 16.2 Å². The van der Waals surface area contributed by atoms with Crippen LogP contribution in [-0.4, -0.2) is 20.6 Å². The Balaban J connectivity index is 3.13. The first kappa shape index (κ1) is 10.3. The molecular weight excluding hydrogens is 210 g/mol. The van der Waals surface area contributed by atoms with Crippen LogP contribution in [0.15, 0.2) is 6.20 Å². The smallest absolute Gasteiger partial charge is 0.330 e. The normalized spacial score (nSPS) is 12.4. The maximum atomic E-state index is 10.7. The predicted octanol–water partition coefficient (Wildman–Crippen LogP) is -0.713. The molecule has 0 saturated carbocycles. The number of rotatable bonds is 3. The zero-order valence-electron chi connectivity index (χ0n) is 6.82. The molecular formula is C5H7N5O3S. The van der Waals surface area contributed by atoms with Crippen molar-refractivity contribution in [2.24, 2.45) is 5.73 Å². The summed E-state index contributed by atoms with van der Waals surface area (Å²) in [6.07, 6.45) is 0.932. The molecule has 0 radical (unpaired) electrons. The number of nitrogens with two attached hydrogens (primary N) is 2. The lowest BCUT2D eigenvalue weighted by atomic mass is 10.5. The van der Waals surface area contributed by atoms with E-state index in [1.165, 1.54) is 0 Å². The topological polar surface area (TPSA) is 130 Å². The summed E-state index contributed by atoms with van der Waals surface area (Å²) in [5.74, 6) is -1.05. The Bertz CT molecular complexity index is 389. The van der Waals surface area contributed by atoms with Gasteiger partial charge in [0, 0.05) is 0 Å². The van der Waals surface area contributed by atoms with E-state index in [2.05, 4.69) is 17.7 Å². The van der Waals surface area contributed by atoms with Crippen molar-refractivity contribution >= 4 is 30.0 Å². The Morgan fingerprint density at radius 3 is 2.71 bits per heavy atom. The SMILES string of the molecule is NC(=O)C(S)n1ncc([N+](=O)[O-])c1N. The van der Waals surface area contributed by atoms with Gasteiger partial charge in [-0.05, 0) is 0 Å². The molecule has 14 heavy (non-hydrogen) atoms. The van der Waals surface area contributed by atoms with Gasteiger partial charge in [0.05, 0.1) is 4.92 Å². The summed E-state index contributed by atoms with van der Waals surface area (Å²) in [5.41, 5.74) is 9.88. The van der Waals surface area contributed by atoms with Crippen LogP contribution in [0.5, 0.6) is 0 Å². The summed E-state index contributed by atoms with van der Waals surface area (Å²) in [4.78, 5) is 20.3. The molecule has 1 heterocycles. The highest BCUT2D eigenvalue weighted by molar-refractivity contribution is 7.81. The molecule has 1 aromatic rings. The van der Waals surface area contributed by atoms with E-state index in [-0.39, 0.29) is 11.5 Å². The Kier molecular flexibility index (Phi) is 2.60. The zero-order valence-corrected chi connectivity index (χ0v) is 7.72. The molecule has 0 spiro atoms. The molecule has 0 aromatic carbocycles. The number of carbonyl (C=O) groups excluding carboxylic acids is 1. The number of hydrogen-bond acceptors (Lipinski definition) is 6. The fraction of sp³-hybridized carbons (Fsp3) is 0.200. The molecule has 8 nitrogen and oxygen atoms in total. The molecule has 0 saturated heterocycles. The van der Waals surface area contributed by atoms with Gasteiger partial charge in [0.1, 0.15) is 6.20 Å². The second-order valence-corrected chi connectivity index (χ2v) is 2.88. The van der Waals surface area contributed by atoms with Crippen LogP contribution in [0.2, 0.25) is 0 Å². The third-order valence-corrected chi connectivity index (χ3v) is 1.97. The molecule has 1 aromatic heterocycles. The number of nitrogen functional groups attached to an aromatic ring is 1. The van der Waals surface area contributed by atoms with E-state index in [0.717, 1.165) is 10.9 Å². The van der Waals surface area contributed by atoms with Gasteiger partial charge < -0.3 is 11.5 Å². The predicted molar refractivity (Wildman–Crippen MR) is 50.5 cm³/mol. The van der Waals surface area contributed by atoms with E-state index in [0.29, 0.717) is 0 Å².